The summed E-state index contributed by atoms with van der Waals surface area (Å²) in [5, 5.41) is 5.56. The highest BCUT2D eigenvalue weighted by Gasteiger charge is 2.33. The van der Waals surface area contributed by atoms with Crippen LogP contribution in [0.4, 0.5) is 0 Å². The molecule has 32 heavy (non-hydrogen) atoms. The molecule has 6 rings (SSSR count). The summed E-state index contributed by atoms with van der Waals surface area (Å²) in [6.07, 6.45) is 10.4. The van der Waals surface area contributed by atoms with E-state index in [-0.39, 0.29) is 11.6 Å². The van der Waals surface area contributed by atoms with Gasteiger partial charge >= 0.3 is 0 Å². The highest BCUT2D eigenvalue weighted by atomic mass is 16.5. The minimum Gasteiger partial charge on any atom is -0.381 e. The Hall–Kier alpha value is -3.26. The van der Waals surface area contributed by atoms with E-state index in [1.165, 1.54) is 5.56 Å². The third-order valence-corrected chi connectivity index (χ3v) is 6.42. The normalized spacial score (nSPS) is 17.3. The van der Waals surface area contributed by atoms with Gasteiger partial charge in [0, 0.05) is 44.1 Å². The van der Waals surface area contributed by atoms with Crippen LogP contribution in [0.5, 0.6) is 0 Å². The minimum atomic E-state index is -0.0856. The summed E-state index contributed by atoms with van der Waals surface area (Å²) in [5.41, 5.74) is 3.74. The fraction of sp³-hybridized carbons (Fsp3) is 0.417. The Kier molecular flexibility index (Phi) is 4.68. The first-order valence-corrected chi connectivity index (χ1v) is 11.3. The molecule has 1 saturated carbocycles. The van der Waals surface area contributed by atoms with Crippen molar-refractivity contribution in [3.8, 4) is 5.82 Å². The van der Waals surface area contributed by atoms with Crippen molar-refractivity contribution in [2.24, 2.45) is 0 Å². The van der Waals surface area contributed by atoms with Crippen LogP contribution in [0.3, 0.4) is 0 Å². The predicted molar refractivity (Wildman–Crippen MR) is 120 cm³/mol. The highest BCUT2D eigenvalue weighted by molar-refractivity contribution is 5.78. The molecule has 0 spiro atoms. The van der Waals surface area contributed by atoms with E-state index in [0.717, 1.165) is 56.0 Å². The molecule has 2 fully saturated rings. The van der Waals surface area contributed by atoms with E-state index in [0.29, 0.717) is 29.2 Å². The third-order valence-electron chi connectivity index (χ3n) is 6.42. The standard InChI is InChI=1S/C24H26N6O2/c1-15-6-9-29(14-15)20-5-2-16(13-25-20)12-19-26-23-21(24(31)27-19)22(17-3-4-17)28-30(23)18-7-10-32-11-8-18/h2,5-6,9,13-14,17-18H,3-4,7-8,10-12H2,1H3,(H,26,27,31). The summed E-state index contributed by atoms with van der Waals surface area (Å²) in [5.74, 6) is 1.90. The monoisotopic (exact) mass is 430 g/mol. The number of fused-ring (bicyclic) bond motifs is 1. The topological polar surface area (TPSA) is 90.6 Å². The molecule has 0 atom stereocenters. The second kappa shape index (κ2) is 7.70. The van der Waals surface area contributed by atoms with E-state index < -0.39 is 0 Å². The number of rotatable bonds is 5. The average molecular weight is 431 g/mol. The number of pyridine rings is 1. The molecule has 164 valence electrons. The van der Waals surface area contributed by atoms with Crippen molar-refractivity contribution in [1.29, 1.82) is 0 Å². The van der Waals surface area contributed by atoms with Crippen molar-refractivity contribution in [3.63, 3.8) is 0 Å². The molecule has 0 bridgehead atoms. The smallest absolute Gasteiger partial charge is 0.262 e. The largest absolute Gasteiger partial charge is 0.381 e. The molecule has 1 aliphatic heterocycles. The molecule has 1 saturated heterocycles. The molecule has 2 aliphatic rings. The van der Waals surface area contributed by atoms with Crippen LogP contribution in [-0.4, -0.2) is 42.5 Å². The van der Waals surface area contributed by atoms with E-state index in [1.807, 2.05) is 40.0 Å². The number of aromatic nitrogens is 6. The van der Waals surface area contributed by atoms with Crippen molar-refractivity contribution in [3.05, 3.63) is 69.8 Å². The molecule has 1 N–H and O–H groups in total. The van der Waals surface area contributed by atoms with Gasteiger partial charge < -0.3 is 14.3 Å². The van der Waals surface area contributed by atoms with E-state index in [1.54, 1.807) is 0 Å². The van der Waals surface area contributed by atoms with Gasteiger partial charge in [0.1, 0.15) is 17.0 Å². The Morgan fingerprint density at radius 1 is 1.16 bits per heavy atom. The molecular formula is C24H26N6O2. The Morgan fingerprint density at radius 3 is 2.69 bits per heavy atom. The van der Waals surface area contributed by atoms with Crippen molar-refractivity contribution in [1.82, 2.24) is 29.3 Å². The number of hydrogen-bond acceptors (Lipinski definition) is 5. The van der Waals surface area contributed by atoms with Crippen LogP contribution in [0.15, 0.2) is 41.6 Å². The van der Waals surface area contributed by atoms with Crippen LogP contribution in [0.25, 0.3) is 16.9 Å². The zero-order valence-corrected chi connectivity index (χ0v) is 18.1. The van der Waals surface area contributed by atoms with E-state index in [9.17, 15) is 4.79 Å². The maximum Gasteiger partial charge on any atom is 0.262 e. The van der Waals surface area contributed by atoms with Gasteiger partial charge in [0.05, 0.1) is 11.7 Å². The molecule has 8 nitrogen and oxygen atoms in total. The molecule has 0 radical (unpaired) electrons. The fourth-order valence-corrected chi connectivity index (χ4v) is 4.54. The Labute approximate surface area is 185 Å². The molecule has 8 heteroatoms. The van der Waals surface area contributed by atoms with Gasteiger partial charge in [0.2, 0.25) is 0 Å². The molecule has 5 heterocycles. The number of ether oxygens (including phenoxy) is 1. The van der Waals surface area contributed by atoms with Gasteiger partial charge in [-0.1, -0.05) is 6.07 Å². The summed E-state index contributed by atoms with van der Waals surface area (Å²) >= 11 is 0. The molecule has 0 unspecified atom stereocenters. The van der Waals surface area contributed by atoms with Crippen LogP contribution in [-0.2, 0) is 11.2 Å². The number of hydrogen-bond donors (Lipinski definition) is 1. The van der Waals surface area contributed by atoms with Crippen molar-refractivity contribution >= 4 is 11.0 Å². The fourth-order valence-electron chi connectivity index (χ4n) is 4.54. The molecule has 1 aliphatic carbocycles. The number of nitrogens with zero attached hydrogens (tertiary/aromatic N) is 5. The molecular weight excluding hydrogens is 404 g/mol. The number of aromatic amines is 1. The first kappa shape index (κ1) is 19.4. The van der Waals surface area contributed by atoms with Crippen LogP contribution in [0.1, 0.15) is 60.3 Å². The van der Waals surface area contributed by atoms with Gasteiger partial charge in [-0.2, -0.15) is 5.10 Å². The number of nitrogens with one attached hydrogen (secondary N) is 1. The lowest BCUT2D eigenvalue weighted by atomic mass is 10.1. The van der Waals surface area contributed by atoms with Crippen molar-refractivity contribution in [2.75, 3.05) is 13.2 Å². The maximum absolute atomic E-state index is 13.1. The van der Waals surface area contributed by atoms with Crippen LogP contribution < -0.4 is 5.56 Å². The van der Waals surface area contributed by atoms with Crippen LogP contribution >= 0.6 is 0 Å². The van der Waals surface area contributed by atoms with Gasteiger partial charge in [0.25, 0.3) is 5.56 Å². The van der Waals surface area contributed by atoms with Crippen LogP contribution in [0, 0.1) is 6.92 Å². The van der Waals surface area contributed by atoms with E-state index in [2.05, 4.69) is 23.0 Å². The van der Waals surface area contributed by atoms with Crippen molar-refractivity contribution < 1.29 is 4.74 Å². The summed E-state index contributed by atoms with van der Waals surface area (Å²) in [4.78, 5) is 25.6. The Bertz CT molecular complexity index is 1320. The van der Waals surface area contributed by atoms with E-state index in [4.69, 9.17) is 14.8 Å². The quantitative estimate of drug-likeness (QED) is 0.524. The summed E-state index contributed by atoms with van der Waals surface area (Å²) in [7, 11) is 0. The van der Waals surface area contributed by atoms with Gasteiger partial charge in [-0.25, -0.2) is 14.6 Å². The predicted octanol–water partition coefficient (Wildman–Crippen LogP) is 3.43. The molecule has 0 amide bonds. The molecule has 4 aromatic heterocycles. The second-order valence-electron chi connectivity index (χ2n) is 8.96. The second-order valence-corrected chi connectivity index (χ2v) is 8.96. The van der Waals surface area contributed by atoms with Gasteiger partial charge in [-0.15, -0.1) is 0 Å². The third kappa shape index (κ3) is 3.54. The zero-order chi connectivity index (χ0) is 21.7. The average Bonchev–Trinajstić information content (AvgIpc) is 3.44. The zero-order valence-electron chi connectivity index (χ0n) is 18.1. The maximum atomic E-state index is 13.1. The summed E-state index contributed by atoms with van der Waals surface area (Å²) in [6, 6.07) is 6.31. The number of H-pyrrole nitrogens is 1. The lowest BCUT2D eigenvalue weighted by molar-refractivity contribution is 0.0672. The molecule has 0 aromatic carbocycles. The Balaban J connectivity index is 1.35. The van der Waals surface area contributed by atoms with Gasteiger partial charge in [-0.3, -0.25) is 4.79 Å². The first-order valence-electron chi connectivity index (χ1n) is 11.3. The number of aryl methyl sites for hydroxylation is 1. The Morgan fingerprint density at radius 2 is 2.00 bits per heavy atom. The minimum absolute atomic E-state index is 0.0856. The lowest BCUT2D eigenvalue weighted by Crippen LogP contribution is -2.21. The van der Waals surface area contributed by atoms with E-state index >= 15 is 0 Å². The highest BCUT2D eigenvalue weighted by Crippen LogP contribution is 2.42. The van der Waals surface area contributed by atoms with Gasteiger partial charge in [-0.05, 0) is 55.9 Å². The van der Waals surface area contributed by atoms with Gasteiger partial charge in [0.15, 0.2) is 5.65 Å². The van der Waals surface area contributed by atoms with Crippen LogP contribution in [0.2, 0.25) is 0 Å². The summed E-state index contributed by atoms with van der Waals surface area (Å²) in [6.45, 7) is 3.50. The van der Waals surface area contributed by atoms with Crippen molar-refractivity contribution in [2.45, 2.75) is 51.0 Å². The molecule has 4 aromatic rings. The summed E-state index contributed by atoms with van der Waals surface area (Å²) < 4.78 is 9.53. The SMILES string of the molecule is Cc1ccn(-c2ccc(Cc3nc4c(c(C5CC5)nn4C4CCOCC4)c(=O)[nH]3)cn2)c1. The first-order chi connectivity index (χ1) is 15.7. The lowest BCUT2D eigenvalue weighted by Gasteiger charge is -2.22.